The van der Waals surface area contributed by atoms with Crippen LogP contribution in [0.25, 0.3) is 0 Å². The lowest BCUT2D eigenvalue weighted by Crippen LogP contribution is -2.38. The third-order valence-electron chi connectivity index (χ3n) is 2.72. The molecule has 1 saturated heterocycles. The first kappa shape index (κ1) is 12.8. The minimum atomic E-state index is -0.0286. The van der Waals surface area contributed by atoms with Crippen LogP contribution in [0.2, 0.25) is 0 Å². The molecule has 1 unspecified atom stereocenters. The highest BCUT2D eigenvalue weighted by atomic mass is 32.2. The lowest BCUT2D eigenvalue weighted by Gasteiger charge is -2.22. The van der Waals surface area contributed by atoms with Crippen molar-refractivity contribution < 1.29 is 9.53 Å². The van der Waals surface area contributed by atoms with Crippen molar-refractivity contribution in [2.75, 3.05) is 31.7 Å². The molecule has 3 nitrogen and oxygen atoms in total. The van der Waals surface area contributed by atoms with Gasteiger partial charge in [0.2, 0.25) is 0 Å². The number of ether oxygens (including phenoxy) is 1. The van der Waals surface area contributed by atoms with Crippen molar-refractivity contribution >= 4 is 17.7 Å². The Hall–Kier alpha value is -0.220. The Morgan fingerprint density at radius 2 is 2.40 bits per heavy atom. The number of carbonyl (C=O) groups excluding carboxylic acids is 1. The second-order valence-corrected chi connectivity index (χ2v) is 4.78. The highest BCUT2D eigenvalue weighted by Crippen LogP contribution is 2.18. The van der Waals surface area contributed by atoms with Gasteiger partial charge in [-0.1, -0.05) is 0 Å². The molecule has 1 fully saturated rings. The molecule has 0 amide bonds. The Kier molecular flexibility index (Phi) is 6.10. The number of likely N-dealkylation sites (tertiary alicyclic amines) is 1. The van der Waals surface area contributed by atoms with Crippen molar-refractivity contribution in [3.8, 4) is 0 Å². The molecule has 0 N–H and O–H groups in total. The van der Waals surface area contributed by atoms with Gasteiger partial charge in [-0.25, -0.2) is 0 Å². The van der Waals surface area contributed by atoms with E-state index in [9.17, 15) is 4.79 Å². The van der Waals surface area contributed by atoms with E-state index in [4.69, 9.17) is 4.74 Å². The van der Waals surface area contributed by atoms with Crippen molar-refractivity contribution in [1.82, 2.24) is 4.90 Å². The summed E-state index contributed by atoms with van der Waals surface area (Å²) in [6.07, 6.45) is 5.38. The zero-order valence-electron chi connectivity index (χ0n) is 9.70. The van der Waals surface area contributed by atoms with E-state index in [0.29, 0.717) is 6.61 Å². The molecule has 0 aliphatic carbocycles. The summed E-state index contributed by atoms with van der Waals surface area (Å²) in [6.45, 7) is 4.45. The van der Waals surface area contributed by atoms with Crippen LogP contribution in [0.1, 0.15) is 26.2 Å². The molecule has 88 valence electrons. The molecule has 1 atom stereocenters. The van der Waals surface area contributed by atoms with E-state index in [-0.39, 0.29) is 12.0 Å². The summed E-state index contributed by atoms with van der Waals surface area (Å²) in [4.78, 5) is 13.9. The lowest BCUT2D eigenvalue weighted by molar-refractivity contribution is -0.148. The SMILES string of the molecule is CCOC(=O)C1CCCN1CCCSC. The summed E-state index contributed by atoms with van der Waals surface area (Å²) in [5.41, 5.74) is 0. The van der Waals surface area contributed by atoms with E-state index in [1.165, 1.54) is 5.75 Å². The number of esters is 1. The Balaban J connectivity index is 2.32. The van der Waals surface area contributed by atoms with Gasteiger partial charge in [0, 0.05) is 0 Å². The summed E-state index contributed by atoms with van der Waals surface area (Å²) >= 11 is 1.86. The summed E-state index contributed by atoms with van der Waals surface area (Å²) in [5, 5.41) is 0. The first-order valence-electron chi connectivity index (χ1n) is 5.69. The highest BCUT2D eigenvalue weighted by molar-refractivity contribution is 7.98. The van der Waals surface area contributed by atoms with Crippen molar-refractivity contribution in [3.63, 3.8) is 0 Å². The summed E-state index contributed by atoms with van der Waals surface area (Å²) in [6, 6.07) is 0.0341. The standard InChI is InChI=1S/C11H21NO2S/c1-3-14-11(13)10-6-4-7-12(10)8-5-9-15-2/h10H,3-9H2,1-2H3. The summed E-state index contributed by atoms with van der Waals surface area (Å²) in [7, 11) is 0. The average Bonchev–Trinajstić information content (AvgIpc) is 2.67. The van der Waals surface area contributed by atoms with Crippen LogP contribution in [0.15, 0.2) is 0 Å². The number of rotatable bonds is 6. The van der Waals surface area contributed by atoms with Gasteiger partial charge in [-0.05, 0) is 51.3 Å². The van der Waals surface area contributed by atoms with Crippen molar-refractivity contribution in [1.29, 1.82) is 0 Å². The second kappa shape index (κ2) is 7.12. The lowest BCUT2D eigenvalue weighted by atomic mass is 10.2. The normalized spacial score (nSPS) is 21.9. The molecule has 4 heteroatoms. The number of hydrogen-bond acceptors (Lipinski definition) is 4. The number of hydrogen-bond donors (Lipinski definition) is 0. The fraction of sp³-hybridized carbons (Fsp3) is 0.909. The van der Waals surface area contributed by atoms with Crippen LogP contribution < -0.4 is 0 Å². The first-order chi connectivity index (χ1) is 7.29. The molecule has 1 aliphatic rings. The Bertz CT molecular complexity index is 199. The molecule has 0 aromatic carbocycles. The molecule has 1 aliphatic heterocycles. The Labute approximate surface area is 96.5 Å². The third-order valence-corrected chi connectivity index (χ3v) is 3.41. The Morgan fingerprint density at radius 3 is 3.07 bits per heavy atom. The molecule has 0 radical (unpaired) electrons. The average molecular weight is 231 g/mol. The van der Waals surface area contributed by atoms with Gasteiger partial charge in [-0.2, -0.15) is 11.8 Å². The van der Waals surface area contributed by atoms with Gasteiger partial charge in [0.25, 0.3) is 0 Å². The summed E-state index contributed by atoms with van der Waals surface area (Å²) in [5.74, 6) is 1.14. The van der Waals surface area contributed by atoms with Gasteiger partial charge in [0.1, 0.15) is 6.04 Å². The number of carbonyl (C=O) groups is 1. The van der Waals surface area contributed by atoms with Crippen molar-refractivity contribution in [2.24, 2.45) is 0 Å². The maximum absolute atomic E-state index is 11.6. The van der Waals surface area contributed by atoms with E-state index in [1.54, 1.807) is 0 Å². The summed E-state index contributed by atoms with van der Waals surface area (Å²) < 4.78 is 5.08. The van der Waals surface area contributed by atoms with Crippen LogP contribution in [0.5, 0.6) is 0 Å². The maximum atomic E-state index is 11.6. The van der Waals surface area contributed by atoms with E-state index in [1.807, 2.05) is 18.7 Å². The molecule has 0 bridgehead atoms. The third kappa shape index (κ3) is 4.03. The van der Waals surface area contributed by atoms with Crippen molar-refractivity contribution in [3.05, 3.63) is 0 Å². The molecular formula is C11H21NO2S. The fourth-order valence-corrected chi connectivity index (χ4v) is 2.43. The van der Waals surface area contributed by atoms with Crippen LogP contribution in [-0.2, 0) is 9.53 Å². The van der Waals surface area contributed by atoms with E-state index in [0.717, 1.165) is 32.4 Å². The molecule has 0 spiro atoms. The topological polar surface area (TPSA) is 29.5 Å². The largest absolute Gasteiger partial charge is 0.465 e. The highest BCUT2D eigenvalue weighted by Gasteiger charge is 2.30. The zero-order chi connectivity index (χ0) is 11.1. The minimum Gasteiger partial charge on any atom is -0.465 e. The zero-order valence-corrected chi connectivity index (χ0v) is 10.5. The molecule has 0 saturated carbocycles. The van der Waals surface area contributed by atoms with E-state index < -0.39 is 0 Å². The minimum absolute atomic E-state index is 0.0286. The monoisotopic (exact) mass is 231 g/mol. The van der Waals surface area contributed by atoms with E-state index in [2.05, 4.69) is 11.2 Å². The smallest absolute Gasteiger partial charge is 0.323 e. The second-order valence-electron chi connectivity index (χ2n) is 3.79. The predicted molar refractivity (Wildman–Crippen MR) is 64.2 cm³/mol. The van der Waals surface area contributed by atoms with Crippen LogP contribution in [-0.4, -0.2) is 48.6 Å². The first-order valence-corrected chi connectivity index (χ1v) is 7.08. The predicted octanol–water partition coefficient (Wildman–Crippen LogP) is 1.77. The van der Waals surface area contributed by atoms with Gasteiger partial charge in [-0.3, -0.25) is 9.69 Å². The van der Waals surface area contributed by atoms with Gasteiger partial charge in [0.05, 0.1) is 6.61 Å². The number of nitrogens with zero attached hydrogens (tertiary/aromatic N) is 1. The van der Waals surface area contributed by atoms with Crippen LogP contribution in [0.3, 0.4) is 0 Å². The molecule has 0 aromatic rings. The van der Waals surface area contributed by atoms with Gasteiger partial charge >= 0.3 is 5.97 Å². The van der Waals surface area contributed by atoms with Crippen molar-refractivity contribution in [2.45, 2.75) is 32.2 Å². The molecule has 15 heavy (non-hydrogen) atoms. The maximum Gasteiger partial charge on any atom is 0.323 e. The number of thioether (sulfide) groups is 1. The van der Waals surface area contributed by atoms with Crippen LogP contribution >= 0.6 is 11.8 Å². The van der Waals surface area contributed by atoms with E-state index >= 15 is 0 Å². The molecular weight excluding hydrogens is 210 g/mol. The van der Waals surface area contributed by atoms with Gasteiger partial charge < -0.3 is 4.74 Å². The van der Waals surface area contributed by atoms with Crippen LogP contribution in [0, 0.1) is 0 Å². The molecule has 0 aromatic heterocycles. The quantitative estimate of drug-likeness (QED) is 0.515. The molecule has 1 heterocycles. The van der Waals surface area contributed by atoms with Crippen LogP contribution in [0.4, 0.5) is 0 Å². The van der Waals surface area contributed by atoms with Gasteiger partial charge in [0.15, 0.2) is 0 Å². The Morgan fingerprint density at radius 1 is 1.60 bits per heavy atom. The van der Waals surface area contributed by atoms with Gasteiger partial charge in [-0.15, -0.1) is 0 Å². The fourth-order valence-electron chi connectivity index (χ4n) is 2.01. The molecule has 1 rings (SSSR count).